The molecule has 30 heavy (non-hydrogen) atoms. The molecule has 0 N–H and O–H groups in total. The summed E-state index contributed by atoms with van der Waals surface area (Å²) in [6, 6.07) is 4.04. The molecule has 1 aliphatic heterocycles. The van der Waals surface area contributed by atoms with Crippen molar-refractivity contribution in [3.05, 3.63) is 24.5 Å². The van der Waals surface area contributed by atoms with E-state index in [0.29, 0.717) is 18.4 Å². The zero-order valence-electron chi connectivity index (χ0n) is 18.8. The van der Waals surface area contributed by atoms with E-state index in [1.807, 2.05) is 50.2 Å². The molecule has 1 aromatic rings. The van der Waals surface area contributed by atoms with Crippen LogP contribution in [-0.2, 0) is 9.53 Å². The lowest BCUT2D eigenvalue weighted by atomic mass is 9.81. The number of piperazine rings is 1. The van der Waals surface area contributed by atoms with Crippen molar-refractivity contribution in [3.63, 3.8) is 0 Å². The molecule has 7 nitrogen and oxygen atoms in total. The molecule has 2 aliphatic rings. The van der Waals surface area contributed by atoms with Gasteiger partial charge in [-0.25, -0.2) is 4.79 Å². The maximum atomic E-state index is 13.0. The van der Waals surface area contributed by atoms with Crippen LogP contribution in [0.25, 0.3) is 0 Å². The van der Waals surface area contributed by atoms with Crippen LogP contribution in [0, 0.1) is 11.8 Å². The van der Waals surface area contributed by atoms with E-state index in [2.05, 4.69) is 9.88 Å². The van der Waals surface area contributed by atoms with Crippen LogP contribution in [0.2, 0.25) is 0 Å². The minimum atomic E-state index is -0.475. The van der Waals surface area contributed by atoms with Crippen LogP contribution in [0.4, 0.5) is 10.5 Å². The van der Waals surface area contributed by atoms with Crippen molar-refractivity contribution in [2.24, 2.45) is 11.8 Å². The minimum Gasteiger partial charge on any atom is -0.444 e. The van der Waals surface area contributed by atoms with Gasteiger partial charge in [0.15, 0.2) is 0 Å². The first-order valence-corrected chi connectivity index (χ1v) is 11.1. The third-order valence-corrected chi connectivity index (χ3v) is 6.05. The third-order valence-electron chi connectivity index (χ3n) is 6.05. The third kappa shape index (κ3) is 6.09. The standard InChI is InChI=1S/C23H36N4O3/c1-23(2,3)30-22(29)25(4)17-18-5-7-19(8-6-18)21(28)27-15-13-26(14-16-27)20-9-11-24-12-10-20/h9-12,18-19H,5-8,13-17H2,1-4H3. The SMILES string of the molecule is CN(CC1CCC(C(=O)N2CCN(c3ccncc3)CC2)CC1)C(=O)OC(C)(C)C. The number of amides is 2. The van der Waals surface area contributed by atoms with Crippen LogP contribution in [0.3, 0.4) is 0 Å². The molecule has 0 spiro atoms. The summed E-state index contributed by atoms with van der Waals surface area (Å²) >= 11 is 0. The van der Waals surface area contributed by atoms with E-state index in [4.69, 9.17) is 4.74 Å². The number of carbonyl (C=O) groups excluding carboxylic acids is 2. The topological polar surface area (TPSA) is 66.0 Å². The summed E-state index contributed by atoms with van der Waals surface area (Å²) in [6.45, 7) is 9.63. The molecule has 7 heteroatoms. The lowest BCUT2D eigenvalue weighted by Crippen LogP contribution is -2.51. The summed E-state index contributed by atoms with van der Waals surface area (Å²) in [5.41, 5.74) is 0.698. The van der Waals surface area contributed by atoms with Gasteiger partial charge in [0.05, 0.1) is 0 Å². The van der Waals surface area contributed by atoms with E-state index in [0.717, 1.165) is 51.9 Å². The molecule has 2 amide bonds. The molecular weight excluding hydrogens is 380 g/mol. The molecule has 0 unspecified atom stereocenters. The summed E-state index contributed by atoms with van der Waals surface area (Å²) in [6.07, 6.45) is 7.15. The lowest BCUT2D eigenvalue weighted by Gasteiger charge is -2.39. The van der Waals surface area contributed by atoms with Crippen LogP contribution in [0.1, 0.15) is 46.5 Å². The number of hydrogen-bond acceptors (Lipinski definition) is 5. The van der Waals surface area contributed by atoms with E-state index in [1.165, 1.54) is 5.69 Å². The summed E-state index contributed by atoms with van der Waals surface area (Å²) < 4.78 is 5.44. The molecule has 0 aromatic carbocycles. The van der Waals surface area contributed by atoms with Gasteiger partial charge in [0.1, 0.15) is 5.60 Å². The average molecular weight is 417 g/mol. The second-order valence-corrected chi connectivity index (χ2v) is 9.60. The number of nitrogens with zero attached hydrogens (tertiary/aromatic N) is 4. The van der Waals surface area contributed by atoms with Crippen LogP contribution in [0.15, 0.2) is 24.5 Å². The van der Waals surface area contributed by atoms with Crippen LogP contribution in [-0.4, -0.2) is 72.2 Å². The van der Waals surface area contributed by atoms with Crippen molar-refractivity contribution in [1.82, 2.24) is 14.8 Å². The maximum absolute atomic E-state index is 13.0. The lowest BCUT2D eigenvalue weighted by molar-refractivity contribution is -0.137. The highest BCUT2D eigenvalue weighted by atomic mass is 16.6. The molecule has 1 saturated carbocycles. The van der Waals surface area contributed by atoms with Crippen molar-refractivity contribution in [2.75, 3.05) is 44.7 Å². The number of carbonyl (C=O) groups is 2. The Morgan fingerprint density at radius 1 is 1.07 bits per heavy atom. The highest BCUT2D eigenvalue weighted by molar-refractivity contribution is 5.79. The average Bonchev–Trinajstić information content (AvgIpc) is 2.73. The van der Waals surface area contributed by atoms with Crippen molar-refractivity contribution >= 4 is 17.7 Å². The first-order chi connectivity index (χ1) is 14.2. The summed E-state index contributed by atoms with van der Waals surface area (Å²) in [7, 11) is 1.80. The number of anilines is 1. The zero-order chi connectivity index (χ0) is 21.7. The first kappa shape index (κ1) is 22.4. The van der Waals surface area contributed by atoms with Crippen molar-refractivity contribution in [1.29, 1.82) is 0 Å². The molecule has 0 radical (unpaired) electrons. The normalized spacial score (nSPS) is 22.5. The Hall–Kier alpha value is -2.31. The highest BCUT2D eigenvalue weighted by Crippen LogP contribution is 2.31. The fourth-order valence-electron chi connectivity index (χ4n) is 4.39. The molecule has 0 bridgehead atoms. The molecule has 1 aromatic heterocycles. The Labute approximate surface area is 180 Å². The number of hydrogen-bond donors (Lipinski definition) is 0. The van der Waals surface area contributed by atoms with E-state index in [9.17, 15) is 9.59 Å². The van der Waals surface area contributed by atoms with E-state index in [-0.39, 0.29) is 12.0 Å². The van der Waals surface area contributed by atoms with Gasteiger partial charge in [0.2, 0.25) is 5.91 Å². The largest absolute Gasteiger partial charge is 0.444 e. The first-order valence-electron chi connectivity index (χ1n) is 11.1. The molecule has 2 heterocycles. The smallest absolute Gasteiger partial charge is 0.410 e. The number of rotatable bonds is 4. The molecule has 2 fully saturated rings. The van der Waals surface area contributed by atoms with Gasteiger partial charge in [0.25, 0.3) is 0 Å². The quantitative estimate of drug-likeness (QED) is 0.753. The molecule has 166 valence electrons. The van der Waals surface area contributed by atoms with Crippen molar-refractivity contribution < 1.29 is 14.3 Å². The molecular formula is C23H36N4O3. The van der Waals surface area contributed by atoms with Crippen LogP contribution >= 0.6 is 0 Å². The fraction of sp³-hybridized carbons (Fsp3) is 0.696. The number of ether oxygens (including phenoxy) is 1. The van der Waals surface area contributed by atoms with E-state index in [1.54, 1.807) is 11.9 Å². The van der Waals surface area contributed by atoms with Crippen LogP contribution in [0.5, 0.6) is 0 Å². The Kier molecular flexibility index (Phi) is 7.21. The fourth-order valence-corrected chi connectivity index (χ4v) is 4.39. The minimum absolute atomic E-state index is 0.126. The molecule has 3 rings (SSSR count). The van der Waals surface area contributed by atoms with Crippen molar-refractivity contribution in [2.45, 2.75) is 52.1 Å². The summed E-state index contributed by atoms with van der Waals surface area (Å²) in [4.78, 5) is 35.3. The van der Waals surface area contributed by atoms with E-state index >= 15 is 0 Å². The molecule has 1 aliphatic carbocycles. The number of aromatic nitrogens is 1. The Morgan fingerprint density at radius 3 is 2.23 bits per heavy atom. The van der Waals surface area contributed by atoms with Gasteiger partial charge in [-0.2, -0.15) is 0 Å². The van der Waals surface area contributed by atoms with Gasteiger partial charge < -0.3 is 19.4 Å². The summed E-state index contributed by atoms with van der Waals surface area (Å²) in [5.74, 6) is 0.874. The zero-order valence-corrected chi connectivity index (χ0v) is 18.8. The monoisotopic (exact) mass is 416 g/mol. The second-order valence-electron chi connectivity index (χ2n) is 9.60. The maximum Gasteiger partial charge on any atom is 0.410 e. The van der Waals surface area contributed by atoms with Crippen molar-refractivity contribution in [3.8, 4) is 0 Å². The predicted octanol–water partition coefficient (Wildman–Crippen LogP) is 3.40. The Morgan fingerprint density at radius 2 is 1.67 bits per heavy atom. The van der Waals surface area contributed by atoms with Gasteiger partial charge in [-0.3, -0.25) is 9.78 Å². The van der Waals surface area contributed by atoms with Gasteiger partial charge in [-0.15, -0.1) is 0 Å². The van der Waals surface area contributed by atoms with Gasteiger partial charge in [-0.1, -0.05) is 0 Å². The Balaban J connectivity index is 1.41. The van der Waals surface area contributed by atoms with Gasteiger partial charge in [0, 0.05) is 63.8 Å². The van der Waals surface area contributed by atoms with Crippen LogP contribution < -0.4 is 4.90 Å². The highest BCUT2D eigenvalue weighted by Gasteiger charge is 2.32. The molecule has 1 saturated heterocycles. The Bertz CT molecular complexity index is 703. The van der Waals surface area contributed by atoms with Gasteiger partial charge >= 0.3 is 6.09 Å². The number of pyridine rings is 1. The molecule has 0 atom stereocenters. The van der Waals surface area contributed by atoms with E-state index < -0.39 is 5.60 Å². The second kappa shape index (κ2) is 9.67. The predicted molar refractivity (Wildman–Crippen MR) is 117 cm³/mol. The summed E-state index contributed by atoms with van der Waals surface area (Å²) in [5, 5.41) is 0. The van der Waals surface area contributed by atoms with Gasteiger partial charge in [-0.05, 0) is 64.5 Å².